The van der Waals surface area contributed by atoms with Gasteiger partial charge in [0.1, 0.15) is 6.10 Å². The number of hydrogen-bond donors (Lipinski definition) is 1. The number of aryl methyl sites for hydroxylation is 1. The van der Waals surface area contributed by atoms with Crippen molar-refractivity contribution < 1.29 is 9.53 Å². The standard InChI is InChI=1S/C13H19NO2S/c1-2-10-4-5-11(17-10)7-12(15)13-6-3-9(8-14)16-13/h4-5,9,13H,2-3,6-8,14H2,1H3. The maximum Gasteiger partial charge on any atom is 0.166 e. The summed E-state index contributed by atoms with van der Waals surface area (Å²) in [4.78, 5) is 14.5. The van der Waals surface area contributed by atoms with Crippen molar-refractivity contribution in [1.29, 1.82) is 0 Å². The second-order valence-corrected chi connectivity index (χ2v) is 5.68. The fourth-order valence-corrected chi connectivity index (χ4v) is 3.08. The van der Waals surface area contributed by atoms with Crippen molar-refractivity contribution in [3.8, 4) is 0 Å². The Hall–Kier alpha value is -0.710. The zero-order valence-electron chi connectivity index (χ0n) is 10.1. The van der Waals surface area contributed by atoms with Crippen LogP contribution in [0.5, 0.6) is 0 Å². The summed E-state index contributed by atoms with van der Waals surface area (Å²) in [6.07, 6.45) is 3.14. The van der Waals surface area contributed by atoms with Crippen LogP contribution in [0.15, 0.2) is 12.1 Å². The quantitative estimate of drug-likeness (QED) is 0.872. The predicted octanol–water partition coefficient (Wildman–Crippen LogP) is 1.93. The summed E-state index contributed by atoms with van der Waals surface area (Å²) < 4.78 is 5.61. The van der Waals surface area contributed by atoms with Crippen LogP contribution in [0.2, 0.25) is 0 Å². The number of ether oxygens (including phenoxy) is 1. The van der Waals surface area contributed by atoms with Gasteiger partial charge in [-0.15, -0.1) is 11.3 Å². The largest absolute Gasteiger partial charge is 0.366 e. The van der Waals surface area contributed by atoms with Gasteiger partial charge in [-0.25, -0.2) is 0 Å². The molecule has 0 radical (unpaired) electrons. The van der Waals surface area contributed by atoms with Crippen LogP contribution in [0.1, 0.15) is 29.5 Å². The van der Waals surface area contributed by atoms with E-state index in [1.54, 1.807) is 11.3 Å². The Morgan fingerprint density at radius 3 is 2.82 bits per heavy atom. The molecular weight excluding hydrogens is 234 g/mol. The molecule has 2 heterocycles. The number of thiophene rings is 1. The molecule has 0 spiro atoms. The van der Waals surface area contributed by atoms with Crippen molar-refractivity contribution in [3.63, 3.8) is 0 Å². The van der Waals surface area contributed by atoms with Gasteiger partial charge in [0.15, 0.2) is 5.78 Å². The third-order valence-electron chi connectivity index (χ3n) is 3.14. The van der Waals surface area contributed by atoms with Crippen molar-refractivity contribution in [1.82, 2.24) is 0 Å². The van der Waals surface area contributed by atoms with Gasteiger partial charge >= 0.3 is 0 Å². The predicted molar refractivity (Wildman–Crippen MR) is 69.4 cm³/mol. The molecule has 0 aliphatic carbocycles. The minimum Gasteiger partial charge on any atom is -0.366 e. The first-order valence-electron chi connectivity index (χ1n) is 6.18. The number of carbonyl (C=O) groups excluding carboxylic acids is 1. The van der Waals surface area contributed by atoms with E-state index in [1.807, 2.05) is 0 Å². The van der Waals surface area contributed by atoms with E-state index in [4.69, 9.17) is 10.5 Å². The van der Waals surface area contributed by atoms with Crippen LogP contribution in [0.4, 0.5) is 0 Å². The van der Waals surface area contributed by atoms with Gasteiger partial charge in [0, 0.05) is 22.7 Å². The maximum atomic E-state index is 12.0. The lowest BCUT2D eigenvalue weighted by atomic mass is 10.1. The number of hydrogen-bond acceptors (Lipinski definition) is 4. The first-order chi connectivity index (χ1) is 8.22. The SMILES string of the molecule is CCc1ccc(CC(=O)C2CCC(CN)O2)s1. The van der Waals surface area contributed by atoms with Gasteiger partial charge in [-0.3, -0.25) is 4.79 Å². The molecule has 0 amide bonds. The van der Waals surface area contributed by atoms with Crippen molar-refractivity contribution in [2.24, 2.45) is 5.73 Å². The van der Waals surface area contributed by atoms with Gasteiger partial charge < -0.3 is 10.5 Å². The number of carbonyl (C=O) groups is 1. The second kappa shape index (κ2) is 5.76. The number of ketones is 1. The monoisotopic (exact) mass is 253 g/mol. The van der Waals surface area contributed by atoms with Gasteiger partial charge in [-0.2, -0.15) is 0 Å². The summed E-state index contributed by atoms with van der Waals surface area (Å²) in [7, 11) is 0. The van der Waals surface area contributed by atoms with E-state index in [2.05, 4.69) is 19.1 Å². The fourth-order valence-electron chi connectivity index (χ4n) is 2.11. The summed E-state index contributed by atoms with van der Waals surface area (Å²) in [6, 6.07) is 4.15. The lowest BCUT2D eigenvalue weighted by Gasteiger charge is -2.10. The van der Waals surface area contributed by atoms with Gasteiger partial charge in [0.2, 0.25) is 0 Å². The maximum absolute atomic E-state index is 12.0. The lowest BCUT2D eigenvalue weighted by molar-refractivity contribution is -0.128. The molecule has 2 N–H and O–H groups in total. The molecule has 4 heteroatoms. The highest BCUT2D eigenvalue weighted by atomic mass is 32.1. The number of nitrogens with two attached hydrogens (primary N) is 1. The topological polar surface area (TPSA) is 52.3 Å². The van der Waals surface area contributed by atoms with Crippen LogP contribution in [-0.2, 0) is 22.4 Å². The molecule has 1 aromatic rings. The Bertz CT molecular complexity index is 389. The van der Waals surface area contributed by atoms with E-state index in [-0.39, 0.29) is 18.0 Å². The minimum absolute atomic E-state index is 0.0819. The van der Waals surface area contributed by atoms with Gasteiger partial charge in [-0.1, -0.05) is 6.92 Å². The molecule has 2 atom stereocenters. The molecule has 1 aliphatic rings. The molecule has 94 valence electrons. The highest BCUT2D eigenvalue weighted by Crippen LogP contribution is 2.23. The molecule has 1 aliphatic heterocycles. The molecule has 3 nitrogen and oxygen atoms in total. The van der Waals surface area contributed by atoms with Crippen LogP contribution in [-0.4, -0.2) is 24.5 Å². The third-order valence-corrected chi connectivity index (χ3v) is 4.37. The summed E-state index contributed by atoms with van der Waals surface area (Å²) in [5.41, 5.74) is 5.54. The number of rotatable bonds is 5. The van der Waals surface area contributed by atoms with Crippen LogP contribution < -0.4 is 5.73 Å². The van der Waals surface area contributed by atoms with E-state index in [0.717, 1.165) is 24.1 Å². The van der Waals surface area contributed by atoms with Crippen LogP contribution in [0.3, 0.4) is 0 Å². The van der Waals surface area contributed by atoms with E-state index in [0.29, 0.717) is 13.0 Å². The first kappa shape index (κ1) is 12.7. The number of Topliss-reactive ketones (excluding diaryl/α,β-unsaturated/α-hetero) is 1. The summed E-state index contributed by atoms with van der Waals surface area (Å²) in [6.45, 7) is 2.64. The molecule has 1 saturated heterocycles. The zero-order chi connectivity index (χ0) is 12.3. The molecular formula is C13H19NO2S. The van der Waals surface area contributed by atoms with Gasteiger partial charge in [-0.05, 0) is 31.4 Å². The van der Waals surface area contributed by atoms with Crippen molar-refractivity contribution in [2.45, 2.75) is 44.8 Å². The summed E-state index contributed by atoms with van der Waals surface area (Å²) in [5, 5.41) is 0. The average Bonchev–Trinajstić information content (AvgIpc) is 2.96. The van der Waals surface area contributed by atoms with E-state index < -0.39 is 0 Å². The molecule has 17 heavy (non-hydrogen) atoms. The highest BCUT2D eigenvalue weighted by molar-refractivity contribution is 7.12. The van der Waals surface area contributed by atoms with E-state index >= 15 is 0 Å². The lowest BCUT2D eigenvalue weighted by Crippen LogP contribution is -2.26. The first-order valence-corrected chi connectivity index (χ1v) is 7.00. The Labute approximate surface area is 106 Å². The Kier molecular flexibility index (Phi) is 4.31. The smallest absolute Gasteiger partial charge is 0.166 e. The summed E-state index contributed by atoms with van der Waals surface area (Å²) in [5.74, 6) is 0.199. The molecule has 0 bridgehead atoms. The molecule has 0 aromatic carbocycles. The van der Waals surface area contributed by atoms with Crippen LogP contribution in [0, 0.1) is 0 Å². The van der Waals surface area contributed by atoms with E-state index in [1.165, 1.54) is 4.88 Å². The fraction of sp³-hybridized carbons (Fsp3) is 0.615. The molecule has 1 aromatic heterocycles. The van der Waals surface area contributed by atoms with E-state index in [9.17, 15) is 4.79 Å². The highest BCUT2D eigenvalue weighted by Gasteiger charge is 2.29. The van der Waals surface area contributed by atoms with Crippen molar-refractivity contribution in [2.75, 3.05) is 6.54 Å². The van der Waals surface area contributed by atoms with Crippen LogP contribution >= 0.6 is 11.3 Å². The molecule has 2 unspecified atom stereocenters. The molecule has 2 rings (SSSR count). The Morgan fingerprint density at radius 1 is 1.47 bits per heavy atom. The summed E-state index contributed by atoms with van der Waals surface area (Å²) >= 11 is 1.73. The van der Waals surface area contributed by atoms with Crippen LogP contribution in [0.25, 0.3) is 0 Å². The Balaban J connectivity index is 1.89. The van der Waals surface area contributed by atoms with Crippen molar-refractivity contribution >= 4 is 17.1 Å². The Morgan fingerprint density at radius 2 is 2.24 bits per heavy atom. The molecule has 1 fully saturated rings. The third kappa shape index (κ3) is 3.15. The molecule has 0 saturated carbocycles. The average molecular weight is 253 g/mol. The minimum atomic E-state index is -0.226. The van der Waals surface area contributed by atoms with Gasteiger partial charge in [0.25, 0.3) is 0 Å². The van der Waals surface area contributed by atoms with Gasteiger partial charge in [0.05, 0.1) is 6.10 Å². The second-order valence-electron chi connectivity index (χ2n) is 4.42. The zero-order valence-corrected chi connectivity index (χ0v) is 11.0. The normalized spacial score (nSPS) is 24.1. The van der Waals surface area contributed by atoms with Crippen molar-refractivity contribution in [3.05, 3.63) is 21.9 Å².